The number of aliphatic hydroxyl groups excluding tert-OH is 1. The molecule has 152 valence electrons. The van der Waals surface area contributed by atoms with Crippen LogP contribution in [0.2, 0.25) is 0 Å². The van der Waals surface area contributed by atoms with Crippen molar-refractivity contribution in [2.24, 2.45) is 11.8 Å². The zero-order chi connectivity index (χ0) is 19.6. The molecule has 3 fully saturated rings. The van der Waals surface area contributed by atoms with Crippen LogP contribution in [-0.4, -0.2) is 70.6 Å². The second kappa shape index (κ2) is 8.94. The fraction of sp³-hybridized carbons (Fsp3) is 0.789. The van der Waals surface area contributed by atoms with Crippen molar-refractivity contribution in [3.05, 3.63) is 10.6 Å². The number of carboxylic acid groups (broad SMARTS) is 1. The van der Waals surface area contributed by atoms with E-state index in [0.29, 0.717) is 17.7 Å². The zero-order valence-electron chi connectivity index (χ0n) is 16.1. The number of thioether (sulfide) groups is 1. The Bertz CT molecular complexity index is 606. The van der Waals surface area contributed by atoms with Gasteiger partial charge in [-0.2, -0.15) is 0 Å². The Kier molecular flexibility index (Phi) is 6.83. The molecule has 0 radical (unpaired) electrons. The van der Waals surface area contributed by atoms with E-state index in [1.807, 2.05) is 0 Å². The summed E-state index contributed by atoms with van der Waals surface area (Å²) in [6.07, 6.45) is 4.03. The molecule has 4 N–H and O–H groups in total. The number of carboxylic acids is 1. The van der Waals surface area contributed by atoms with Crippen molar-refractivity contribution in [1.82, 2.24) is 15.5 Å². The number of carbonyl (C=O) groups is 2. The van der Waals surface area contributed by atoms with Crippen LogP contribution in [0.1, 0.15) is 39.5 Å². The first kappa shape index (κ1) is 20.6. The largest absolute Gasteiger partial charge is 0.477 e. The molecular formula is C19H31N3O4S. The van der Waals surface area contributed by atoms with E-state index in [1.165, 1.54) is 17.7 Å². The van der Waals surface area contributed by atoms with Gasteiger partial charge >= 0.3 is 5.97 Å². The highest BCUT2D eigenvalue weighted by atomic mass is 32.2. The van der Waals surface area contributed by atoms with Crippen LogP contribution in [0.5, 0.6) is 0 Å². The van der Waals surface area contributed by atoms with Gasteiger partial charge in [0.15, 0.2) is 0 Å². The molecule has 4 heterocycles. The third kappa shape index (κ3) is 4.18. The first-order valence-corrected chi connectivity index (χ1v) is 10.9. The van der Waals surface area contributed by atoms with Gasteiger partial charge in [0, 0.05) is 41.7 Å². The minimum atomic E-state index is -0.958. The number of aliphatic carboxylic acids is 1. The van der Waals surface area contributed by atoms with Crippen LogP contribution in [0.4, 0.5) is 0 Å². The Labute approximate surface area is 164 Å². The normalized spacial score (nSPS) is 33.4. The van der Waals surface area contributed by atoms with E-state index in [1.54, 1.807) is 18.7 Å². The standard InChI is InChI=1S/C17H25N3O3S.C2H6O/c1-9-13-7-14(21)20(13)15(17(22)23)16(9)24-11-6-12(19-8-11)10-2-4-18-5-3-10;1-2-3/h9-13,18-19H,2-8H2,1H3,(H,22,23);3H,2H2,1H3/t9?,11?,12-,13?;/m0./s1. The second-order valence-corrected chi connectivity index (χ2v) is 9.08. The van der Waals surface area contributed by atoms with Crippen molar-refractivity contribution in [2.45, 2.75) is 56.9 Å². The predicted octanol–water partition coefficient (Wildman–Crippen LogP) is 0.995. The first-order valence-electron chi connectivity index (χ1n) is 9.99. The van der Waals surface area contributed by atoms with Crippen molar-refractivity contribution in [1.29, 1.82) is 0 Å². The number of piperidine rings is 1. The smallest absolute Gasteiger partial charge is 0.353 e. The Hall–Kier alpha value is -1.09. The summed E-state index contributed by atoms with van der Waals surface area (Å²) in [5, 5.41) is 24.6. The predicted molar refractivity (Wildman–Crippen MR) is 105 cm³/mol. The average Bonchev–Trinajstić information content (AvgIpc) is 3.19. The maximum absolute atomic E-state index is 11.8. The number of carbonyl (C=O) groups excluding carboxylic acids is 1. The summed E-state index contributed by atoms with van der Waals surface area (Å²) in [5.41, 5.74) is 0.249. The third-order valence-electron chi connectivity index (χ3n) is 6.02. The maximum Gasteiger partial charge on any atom is 0.353 e. The van der Waals surface area contributed by atoms with E-state index in [4.69, 9.17) is 5.11 Å². The fourth-order valence-corrected chi connectivity index (χ4v) is 6.13. The van der Waals surface area contributed by atoms with Gasteiger partial charge in [-0.1, -0.05) is 6.92 Å². The molecule has 8 heteroatoms. The highest BCUT2D eigenvalue weighted by molar-refractivity contribution is 8.03. The van der Waals surface area contributed by atoms with Crippen LogP contribution in [-0.2, 0) is 9.59 Å². The van der Waals surface area contributed by atoms with Gasteiger partial charge in [0.05, 0.1) is 6.04 Å². The number of amides is 1. The summed E-state index contributed by atoms with van der Waals surface area (Å²) in [7, 11) is 0. The molecule has 0 aromatic rings. The lowest BCUT2D eigenvalue weighted by Crippen LogP contribution is -2.51. The molecule has 0 aliphatic carbocycles. The monoisotopic (exact) mass is 397 g/mol. The summed E-state index contributed by atoms with van der Waals surface area (Å²) in [6, 6.07) is 0.620. The summed E-state index contributed by atoms with van der Waals surface area (Å²) in [4.78, 5) is 25.9. The molecule has 0 saturated carbocycles. The molecule has 4 aliphatic rings. The van der Waals surface area contributed by atoms with E-state index < -0.39 is 5.97 Å². The van der Waals surface area contributed by atoms with Gasteiger partial charge in [-0.3, -0.25) is 4.79 Å². The van der Waals surface area contributed by atoms with Gasteiger partial charge in [0.2, 0.25) is 5.91 Å². The molecule has 4 aliphatic heterocycles. The minimum Gasteiger partial charge on any atom is -0.477 e. The minimum absolute atomic E-state index is 0.0445. The van der Waals surface area contributed by atoms with Crippen LogP contribution in [0, 0.1) is 11.8 Å². The number of hydrogen-bond acceptors (Lipinski definition) is 6. The second-order valence-electron chi connectivity index (χ2n) is 7.74. The van der Waals surface area contributed by atoms with Crippen molar-refractivity contribution >= 4 is 23.6 Å². The Morgan fingerprint density at radius 3 is 2.59 bits per heavy atom. The van der Waals surface area contributed by atoms with Crippen LogP contribution >= 0.6 is 11.8 Å². The highest BCUT2D eigenvalue weighted by Gasteiger charge is 2.52. The highest BCUT2D eigenvalue weighted by Crippen LogP contribution is 2.49. The number of nitrogens with zero attached hydrogens (tertiary/aromatic N) is 1. The molecule has 7 nitrogen and oxygen atoms in total. The Balaban J connectivity index is 0.000000659. The number of aliphatic hydroxyl groups is 1. The summed E-state index contributed by atoms with van der Waals surface area (Å²) >= 11 is 1.70. The quantitative estimate of drug-likeness (QED) is 0.525. The van der Waals surface area contributed by atoms with Gasteiger partial charge in [-0.25, -0.2) is 4.79 Å². The zero-order valence-corrected chi connectivity index (χ0v) is 16.9. The molecule has 0 spiro atoms. The van der Waals surface area contributed by atoms with Crippen LogP contribution in [0.15, 0.2) is 10.6 Å². The number of rotatable bonds is 4. The van der Waals surface area contributed by atoms with E-state index in [2.05, 4.69) is 17.6 Å². The number of β-lactam (4-membered cyclic amide) rings is 1. The number of fused-ring (bicyclic) bond motifs is 1. The van der Waals surface area contributed by atoms with Crippen LogP contribution in [0.25, 0.3) is 0 Å². The molecular weight excluding hydrogens is 366 g/mol. The molecule has 27 heavy (non-hydrogen) atoms. The summed E-state index contributed by atoms with van der Waals surface area (Å²) in [5.74, 6) is -0.123. The van der Waals surface area contributed by atoms with Gasteiger partial charge in [-0.05, 0) is 45.2 Å². The van der Waals surface area contributed by atoms with Crippen LogP contribution < -0.4 is 10.6 Å². The Morgan fingerprint density at radius 2 is 2.00 bits per heavy atom. The topological polar surface area (TPSA) is 102 Å². The van der Waals surface area contributed by atoms with E-state index >= 15 is 0 Å². The van der Waals surface area contributed by atoms with E-state index in [0.717, 1.165) is 36.9 Å². The first-order chi connectivity index (χ1) is 13.0. The lowest BCUT2D eigenvalue weighted by atomic mass is 9.89. The van der Waals surface area contributed by atoms with E-state index in [9.17, 15) is 14.7 Å². The van der Waals surface area contributed by atoms with Gasteiger partial charge in [-0.15, -0.1) is 11.8 Å². The molecule has 4 rings (SSSR count). The average molecular weight is 398 g/mol. The molecule has 0 aromatic heterocycles. The van der Waals surface area contributed by atoms with Gasteiger partial charge < -0.3 is 25.7 Å². The molecule has 3 unspecified atom stereocenters. The van der Waals surface area contributed by atoms with Gasteiger partial charge in [0.25, 0.3) is 0 Å². The lowest BCUT2D eigenvalue weighted by molar-refractivity contribution is -0.148. The molecule has 3 saturated heterocycles. The molecule has 1 amide bonds. The molecule has 4 atom stereocenters. The van der Waals surface area contributed by atoms with Crippen molar-refractivity contribution in [3.63, 3.8) is 0 Å². The number of nitrogens with one attached hydrogen (secondary N) is 2. The SMILES string of the molecule is CC1C(SC2CN[C@H](C3CCNCC3)C2)=C(C(=O)O)N2C(=O)CC12.CCO. The maximum atomic E-state index is 11.8. The number of hydrogen-bond donors (Lipinski definition) is 4. The van der Waals surface area contributed by atoms with E-state index in [-0.39, 0.29) is 30.2 Å². The lowest BCUT2D eigenvalue weighted by Gasteiger charge is -2.37. The molecule has 0 bridgehead atoms. The van der Waals surface area contributed by atoms with Gasteiger partial charge in [0.1, 0.15) is 5.70 Å². The summed E-state index contributed by atoms with van der Waals surface area (Å²) in [6.45, 7) is 7.13. The van der Waals surface area contributed by atoms with Crippen LogP contribution in [0.3, 0.4) is 0 Å². The third-order valence-corrected chi connectivity index (χ3v) is 7.53. The van der Waals surface area contributed by atoms with Crippen molar-refractivity contribution in [2.75, 3.05) is 26.2 Å². The van der Waals surface area contributed by atoms with Crippen molar-refractivity contribution in [3.8, 4) is 0 Å². The van der Waals surface area contributed by atoms with Crippen molar-refractivity contribution < 1.29 is 19.8 Å². The molecule has 0 aromatic carbocycles. The fourth-order valence-electron chi connectivity index (χ4n) is 4.62. The summed E-state index contributed by atoms with van der Waals surface area (Å²) < 4.78 is 0. The Morgan fingerprint density at radius 1 is 1.33 bits per heavy atom.